The van der Waals surface area contributed by atoms with E-state index in [1.807, 2.05) is 0 Å². The molecule has 0 fully saturated rings. The zero-order chi connectivity index (χ0) is 7.72. The van der Waals surface area contributed by atoms with Crippen molar-refractivity contribution >= 4 is 0 Å². The average molecular weight is 139 g/mol. The Bertz CT molecular complexity index is 158. The number of hydrogen-bond acceptors (Lipinski definition) is 1. The van der Waals surface area contributed by atoms with E-state index in [4.69, 9.17) is 0 Å². The molecule has 0 aromatic rings. The molecule has 0 saturated carbocycles. The van der Waals surface area contributed by atoms with Crippen molar-refractivity contribution in [2.75, 3.05) is 20.1 Å². The summed E-state index contributed by atoms with van der Waals surface area (Å²) < 4.78 is 0. The van der Waals surface area contributed by atoms with Crippen LogP contribution in [0.25, 0.3) is 0 Å². The second-order valence-corrected chi connectivity index (χ2v) is 3.56. The molecule has 0 aromatic heterocycles. The van der Waals surface area contributed by atoms with Gasteiger partial charge in [-0.15, -0.1) is 0 Å². The third-order valence-electron chi connectivity index (χ3n) is 2.50. The maximum Gasteiger partial charge on any atom is 0.0189 e. The van der Waals surface area contributed by atoms with Crippen LogP contribution >= 0.6 is 0 Å². The van der Waals surface area contributed by atoms with Gasteiger partial charge in [-0.3, -0.25) is 0 Å². The van der Waals surface area contributed by atoms with Gasteiger partial charge in [0.1, 0.15) is 0 Å². The van der Waals surface area contributed by atoms with E-state index in [-0.39, 0.29) is 0 Å². The lowest BCUT2D eigenvalue weighted by Crippen LogP contribution is -2.31. The predicted molar refractivity (Wildman–Crippen MR) is 45.0 cm³/mol. The molecular weight excluding hydrogens is 122 g/mol. The van der Waals surface area contributed by atoms with Gasteiger partial charge >= 0.3 is 0 Å². The van der Waals surface area contributed by atoms with Crippen molar-refractivity contribution in [2.24, 2.45) is 5.92 Å². The van der Waals surface area contributed by atoms with Crippen molar-refractivity contribution in [1.29, 1.82) is 0 Å². The summed E-state index contributed by atoms with van der Waals surface area (Å²) in [5, 5.41) is 0. The number of likely N-dealkylation sites (N-methyl/N-ethyl adjacent to an activating group) is 1. The summed E-state index contributed by atoms with van der Waals surface area (Å²) >= 11 is 0. The Hall–Kier alpha value is -0.300. The van der Waals surface area contributed by atoms with Crippen molar-refractivity contribution < 1.29 is 0 Å². The number of nitrogens with zero attached hydrogens (tertiary/aromatic N) is 1. The summed E-state index contributed by atoms with van der Waals surface area (Å²) in [4.78, 5) is 2.38. The van der Waals surface area contributed by atoms with Gasteiger partial charge in [0.25, 0.3) is 0 Å². The van der Waals surface area contributed by atoms with Crippen LogP contribution in [0, 0.1) is 5.92 Å². The van der Waals surface area contributed by atoms with Crippen LogP contribution in [0.2, 0.25) is 0 Å². The fourth-order valence-corrected chi connectivity index (χ4v) is 1.62. The van der Waals surface area contributed by atoms with Gasteiger partial charge in [0.2, 0.25) is 0 Å². The van der Waals surface area contributed by atoms with Crippen LogP contribution in [-0.4, -0.2) is 25.0 Å². The molecule has 1 atom stereocenters. The first-order valence-corrected chi connectivity index (χ1v) is 3.96. The van der Waals surface area contributed by atoms with E-state index in [0.717, 1.165) is 12.5 Å². The van der Waals surface area contributed by atoms with Crippen LogP contribution in [0.1, 0.15) is 20.8 Å². The molecule has 0 aliphatic carbocycles. The summed E-state index contributed by atoms with van der Waals surface area (Å²) in [5.41, 5.74) is 3.15. The van der Waals surface area contributed by atoms with Gasteiger partial charge in [-0.2, -0.15) is 0 Å². The fraction of sp³-hybridized carbons (Fsp3) is 0.778. The molecule has 1 heterocycles. The fourth-order valence-electron chi connectivity index (χ4n) is 1.62. The molecule has 0 bridgehead atoms. The summed E-state index contributed by atoms with van der Waals surface area (Å²) in [6.07, 6.45) is 0. The molecule has 1 rings (SSSR count). The second kappa shape index (κ2) is 2.75. The lowest BCUT2D eigenvalue weighted by molar-refractivity contribution is 0.302. The minimum absolute atomic E-state index is 0.763. The molecule has 10 heavy (non-hydrogen) atoms. The molecule has 0 spiro atoms. The molecule has 0 N–H and O–H groups in total. The van der Waals surface area contributed by atoms with E-state index < -0.39 is 0 Å². The Morgan fingerprint density at radius 3 is 2.50 bits per heavy atom. The highest BCUT2D eigenvalue weighted by Crippen LogP contribution is 2.20. The third-order valence-corrected chi connectivity index (χ3v) is 2.50. The molecule has 0 aromatic carbocycles. The average Bonchev–Trinajstić information content (AvgIpc) is 1.82. The van der Waals surface area contributed by atoms with Crippen molar-refractivity contribution in [3.63, 3.8) is 0 Å². The molecule has 1 heteroatoms. The van der Waals surface area contributed by atoms with Crippen LogP contribution in [0.15, 0.2) is 11.1 Å². The quantitative estimate of drug-likeness (QED) is 0.463. The molecule has 1 aliphatic heterocycles. The van der Waals surface area contributed by atoms with Crippen LogP contribution in [0.4, 0.5) is 0 Å². The van der Waals surface area contributed by atoms with Crippen molar-refractivity contribution in [3.8, 4) is 0 Å². The van der Waals surface area contributed by atoms with E-state index >= 15 is 0 Å². The Balaban J connectivity index is 2.74. The first-order valence-electron chi connectivity index (χ1n) is 3.96. The summed E-state index contributed by atoms with van der Waals surface area (Å²) in [7, 11) is 2.19. The van der Waals surface area contributed by atoms with E-state index in [2.05, 4.69) is 32.7 Å². The molecule has 0 radical (unpaired) electrons. The van der Waals surface area contributed by atoms with Gasteiger partial charge in [0.15, 0.2) is 0 Å². The molecular formula is C9H17N. The number of hydrogen-bond donors (Lipinski definition) is 0. The zero-order valence-corrected chi connectivity index (χ0v) is 7.44. The van der Waals surface area contributed by atoms with Crippen molar-refractivity contribution in [1.82, 2.24) is 4.90 Å². The highest BCUT2D eigenvalue weighted by molar-refractivity contribution is 5.17. The van der Waals surface area contributed by atoms with Crippen LogP contribution < -0.4 is 0 Å². The van der Waals surface area contributed by atoms with E-state index in [1.54, 1.807) is 11.1 Å². The van der Waals surface area contributed by atoms with Crippen LogP contribution in [0.3, 0.4) is 0 Å². The lowest BCUT2D eigenvalue weighted by atomic mass is 9.94. The normalized spacial score (nSPS) is 29.4. The second-order valence-electron chi connectivity index (χ2n) is 3.56. The Labute approximate surface area is 63.7 Å². The first-order chi connectivity index (χ1) is 4.61. The molecule has 1 nitrogen and oxygen atoms in total. The Kier molecular flexibility index (Phi) is 2.14. The van der Waals surface area contributed by atoms with Gasteiger partial charge in [-0.25, -0.2) is 0 Å². The summed E-state index contributed by atoms with van der Waals surface area (Å²) in [5.74, 6) is 0.763. The SMILES string of the molecule is CC1=C(C)C(C)CN(C)C1. The molecule has 0 amide bonds. The lowest BCUT2D eigenvalue weighted by Gasteiger charge is -2.29. The highest BCUT2D eigenvalue weighted by Gasteiger charge is 2.16. The van der Waals surface area contributed by atoms with Crippen LogP contribution in [-0.2, 0) is 0 Å². The summed E-state index contributed by atoms with van der Waals surface area (Å²) in [6.45, 7) is 9.18. The first kappa shape index (κ1) is 7.80. The largest absolute Gasteiger partial charge is 0.302 e. The molecule has 0 saturated heterocycles. The van der Waals surface area contributed by atoms with E-state index in [9.17, 15) is 0 Å². The van der Waals surface area contributed by atoms with Gasteiger partial charge in [0, 0.05) is 13.1 Å². The van der Waals surface area contributed by atoms with E-state index in [0.29, 0.717) is 0 Å². The topological polar surface area (TPSA) is 3.24 Å². The summed E-state index contributed by atoms with van der Waals surface area (Å²) in [6, 6.07) is 0. The standard InChI is InChI=1S/C9H17N/c1-7-5-10(4)6-8(2)9(7)3/h7H,5-6H2,1-4H3. The number of rotatable bonds is 0. The highest BCUT2D eigenvalue weighted by atomic mass is 15.1. The van der Waals surface area contributed by atoms with Gasteiger partial charge < -0.3 is 4.90 Å². The van der Waals surface area contributed by atoms with Gasteiger partial charge in [0.05, 0.1) is 0 Å². The molecule has 1 unspecified atom stereocenters. The third kappa shape index (κ3) is 1.40. The van der Waals surface area contributed by atoms with Crippen LogP contribution in [0.5, 0.6) is 0 Å². The van der Waals surface area contributed by atoms with Gasteiger partial charge in [-0.1, -0.05) is 18.1 Å². The smallest absolute Gasteiger partial charge is 0.0189 e. The minimum atomic E-state index is 0.763. The zero-order valence-electron chi connectivity index (χ0n) is 7.44. The molecule has 1 aliphatic rings. The molecule has 58 valence electrons. The predicted octanol–water partition coefficient (Wildman–Crippen LogP) is 1.90. The van der Waals surface area contributed by atoms with Crippen molar-refractivity contribution in [2.45, 2.75) is 20.8 Å². The van der Waals surface area contributed by atoms with E-state index in [1.165, 1.54) is 6.54 Å². The monoisotopic (exact) mass is 139 g/mol. The maximum atomic E-state index is 2.38. The Morgan fingerprint density at radius 1 is 1.40 bits per heavy atom. The van der Waals surface area contributed by atoms with Gasteiger partial charge in [-0.05, 0) is 26.8 Å². The minimum Gasteiger partial charge on any atom is -0.302 e. The Morgan fingerprint density at radius 2 is 2.00 bits per heavy atom. The maximum absolute atomic E-state index is 2.38. The van der Waals surface area contributed by atoms with Crippen molar-refractivity contribution in [3.05, 3.63) is 11.1 Å².